The van der Waals surface area contributed by atoms with Crippen molar-refractivity contribution in [3.05, 3.63) is 74.0 Å². The number of aryl methyl sites for hydroxylation is 1. The first-order chi connectivity index (χ1) is 20.3. The summed E-state index contributed by atoms with van der Waals surface area (Å²) in [6.07, 6.45) is 3.99. The first kappa shape index (κ1) is 30.4. The summed E-state index contributed by atoms with van der Waals surface area (Å²) in [6, 6.07) is 6.29. The number of carbonyl (C=O) groups is 1. The first-order valence-corrected chi connectivity index (χ1v) is 15.9. The van der Waals surface area contributed by atoms with Gasteiger partial charge in [-0.25, -0.2) is 33.1 Å². The van der Waals surface area contributed by atoms with Crippen LogP contribution in [0.1, 0.15) is 34.6 Å². The Morgan fingerprint density at radius 2 is 1.67 bits per heavy atom. The second-order valence-corrected chi connectivity index (χ2v) is 12.9. The number of sulfonamides is 1. The van der Waals surface area contributed by atoms with E-state index in [9.17, 15) is 18.0 Å². The summed E-state index contributed by atoms with van der Waals surface area (Å²) in [5.41, 5.74) is 1.96. The van der Waals surface area contributed by atoms with Gasteiger partial charge in [0.2, 0.25) is 21.9 Å². The van der Waals surface area contributed by atoms with E-state index in [-0.39, 0.29) is 22.1 Å². The van der Waals surface area contributed by atoms with Crippen molar-refractivity contribution < 1.29 is 13.2 Å². The third-order valence-electron chi connectivity index (χ3n) is 6.98. The molecule has 2 N–H and O–H groups in total. The molecule has 1 aromatic carbocycles. The fourth-order valence-electron chi connectivity index (χ4n) is 4.98. The molecule has 0 saturated carbocycles. The van der Waals surface area contributed by atoms with Gasteiger partial charge in [0.05, 0.1) is 46.3 Å². The Morgan fingerprint density at radius 3 is 2.33 bits per heavy atom. The summed E-state index contributed by atoms with van der Waals surface area (Å²) < 4.78 is 26.9. The van der Waals surface area contributed by atoms with E-state index in [1.165, 1.54) is 6.07 Å². The molecule has 1 atom stereocenters. The maximum atomic E-state index is 13.6. The lowest BCUT2D eigenvalue weighted by molar-refractivity contribution is 0.0977. The normalized spacial score (nSPS) is 14.6. The molecule has 1 aliphatic rings. The molecule has 5 rings (SSSR count). The highest BCUT2D eigenvalue weighted by Crippen LogP contribution is 2.29. The molecule has 1 saturated heterocycles. The maximum Gasteiger partial charge on any atom is 0.285 e. The fourth-order valence-corrected chi connectivity index (χ4v) is 5.66. The van der Waals surface area contributed by atoms with Crippen LogP contribution in [0.5, 0.6) is 0 Å². The highest BCUT2D eigenvalue weighted by molar-refractivity contribution is 7.89. The SMILES string of the molecule is Cc1cc([C@@H](C)Nc2ccc(Cl)nc2C(=O)NS(C)(=O)=O)c2nc(N3CCN(c4ncc(Cl)cn4)CC3)n(C)c(=O)c2c1. The summed E-state index contributed by atoms with van der Waals surface area (Å²) in [7, 11) is -2.14. The molecule has 4 heterocycles. The van der Waals surface area contributed by atoms with E-state index < -0.39 is 22.0 Å². The number of hydrogen-bond donors (Lipinski definition) is 2. The van der Waals surface area contributed by atoms with E-state index in [1.807, 2.05) is 34.4 Å². The maximum absolute atomic E-state index is 13.6. The van der Waals surface area contributed by atoms with Crippen molar-refractivity contribution in [3.63, 3.8) is 0 Å². The van der Waals surface area contributed by atoms with Crippen LogP contribution in [0.3, 0.4) is 0 Å². The van der Waals surface area contributed by atoms with Gasteiger partial charge in [0, 0.05) is 38.8 Å². The fraction of sp³-hybridized carbons (Fsp3) is 0.333. The summed E-state index contributed by atoms with van der Waals surface area (Å²) >= 11 is 12.0. The van der Waals surface area contributed by atoms with Crippen molar-refractivity contribution in [1.29, 1.82) is 0 Å². The van der Waals surface area contributed by atoms with Crippen molar-refractivity contribution in [2.75, 3.05) is 47.6 Å². The number of aromatic nitrogens is 5. The van der Waals surface area contributed by atoms with E-state index in [0.29, 0.717) is 59.6 Å². The number of amides is 1. The quantitative estimate of drug-likeness (QED) is 0.285. The molecule has 13 nitrogen and oxygen atoms in total. The van der Waals surface area contributed by atoms with E-state index in [2.05, 4.69) is 20.3 Å². The van der Waals surface area contributed by atoms with Gasteiger partial charge in [-0.1, -0.05) is 29.3 Å². The topological polar surface area (TPSA) is 155 Å². The van der Waals surface area contributed by atoms with Crippen LogP contribution < -0.4 is 25.4 Å². The van der Waals surface area contributed by atoms with Crippen LogP contribution in [0.2, 0.25) is 10.2 Å². The largest absolute Gasteiger partial charge is 0.377 e. The van der Waals surface area contributed by atoms with Gasteiger partial charge < -0.3 is 15.1 Å². The molecule has 43 heavy (non-hydrogen) atoms. The number of anilines is 3. The number of halogens is 2. The van der Waals surface area contributed by atoms with Gasteiger partial charge in [-0.05, 0) is 37.6 Å². The average molecular weight is 647 g/mol. The molecule has 0 radical (unpaired) electrons. The second kappa shape index (κ2) is 11.9. The van der Waals surface area contributed by atoms with Crippen LogP contribution >= 0.6 is 23.2 Å². The minimum absolute atomic E-state index is 0.0235. The molecule has 1 aliphatic heterocycles. The van der Waals surface area contributed by atoms with Gasteiger partial charge in [-0.2, -0.15) is 0 Å². The number of fused-ring (bicyclic) bond motifs is 1. The number of nitrogens with zero attached hydrogens (tertiary/aromatic N) is 7. The molecule has 0 spiro atoms. The highest BCUT2D eigenvalue weighted by atomic mass is 35.5. The van der Waals surface area contributed by atoms with Crippen molar-refractivity contribution in [2.24, 2.45) is 7.05 Å². The van der Waals surface area contributed by atoms with Crippen LogP contribution in [0.4, 0.5) is 17.6 Å². The van der Waals surface area contributed by atoms with Crippen molar-refractivity contribution in [3.8, 4) is 0 Å². The Labute approximate surface area is 257 Å². The molecule has 226 valence electrons. The zero-order chi connectivity index (χ0) is 31.1. The van der Waals surface area contributed by atoms with E-state index in [4.69, 9.17) is 28.2 Å². The predicted molar refractivity (Wildman–Crippen MR) is 167 cm³/mol. The Kier molecular flexibility index (Phi) is 8.45. The van der Waals surface area contributed by atoms with Crippen LogP contribution in [0.15, 0.2) is 41.5 Å². The minimum Gasteiger partial charge on any atom is -0.377 e. The van der Waals surface area contributed by atoms with Crippen LogP contribution in [-0.2, 0) is 17.1 Å². The molecule has 0 aliphatic carbocycles. The third-order valence-corrected chi connectivity index (χ3v) is 7.94. The zero-order valence-electron chi connectivity index (χ0n) is 23.8. The van der Waals surface area contributed by atoms with Gasteiger partial charge in [0.1, 0.15) is 5.15 Å². The Bertz CT molecular complexity index is 1880. The number of rotatable bonds is 7. The van der Waals surface area contributed by atoms with E-state index in [0.717, 1.165) is 11.8 Å². The third kappa shape index (κ3) is 6.65. The molecular formula is C27H29Cl2N9O4S. The molecule has 1 fully saturated rings. The number of carbonyl (C=O) groups excluding carboxylic acids is 1. The van der Waals surface area contributed by atoms with Gasteiger partial charge in [0.15, 0.2) is 5.69 Å². The average Bonchev–Trinajstić information content (AvgIpc) is 2.95. The summed E-state index contributed by atoms with van der Waals surface area (Å²) in [5, 5.41) is 4.17. The molecule has 1 amide bonds. The monoisotopic (exact) mass is 645 g/mol. The van der Waals surface area contributed by atoms with Crippen molar-refractivity contribution in [1.82, 2.24) is 29.2 Å². The summed E-state index contributed by atoms with van der Waals surface area (Å²) in [6.45, 7) is 6.15. The number of benzene rings is 1. The van der Waals surface area contributed by atoms with Crippen LogP contribution in [-0.4, -0.2) is 71.3 Å². The first-order valence-electron chi connectivity index (χ1n) is 13.2. The zero-order valence-corrected chi connectivity index (χ0v) is 26.1. The van der Waals surface area contributed by atoms with Gasteiger partial charge >= 0.3 is 0 Å². The Balaban J connectivity index is 1.48. The van der Waals surface area contributed by atoms with E-state index >= 15 is 0 Å². The molecular weight excluding hydrogens is 617 g/mol. The van der Waals surface area contributed by atoms with Crippen molar-refractivity contribution >= 4 is 67.6 Å². The summed E-state index contributed by atoms with van der Waals surface area (Å²) in [5.74, 6) is 0.183. The highest BCUT2D eigenvalue weighted by Gasteiger charge is 2.25. The molecule has 0 unspecified atom stereocenters. The lowest BCUT2D eigenvalue weighted by atomic mass is 10.0. The number of nitrogens with one attached hydrogen (secondary N) is 2. The van der Waals surface area contributed by atoms with E-state index in [1.54, 1.807) is 36.1 Å². The molecule has 0 bridgehead atoms. The summed E-state index contributed by atoms with van der Waals surface area (Å²) in [4.78, 5) is 48.1. The van der Waals surface area contributed by atoms with Crippen LogP contribution in [0, 0.1) is 6.92 Å². The van der Waals surface area contributed by atoms with Gasteiger partial charge in [-0.3, -0.25) is 14.2 Å². The number of pyridine rings is 1. The minimum atomic E-state index is -3.84. The Morgan fingerprint density at radius 1 is 1.02 bits per heavy atom. The van der Waals surface area contributed by atoms with Gasteiger partial charge in [0.25, 0.3) is 11.5 Å². The number of hydrogen-bond acceptors (Lipinski definition) is 11. The lowest BCUT2D eigenvalue weighted by Crippen LogP contribution is -2.48. The number of piperazine rings is 1. The molecule has 16 heteroatoms. The second-order valence-electron chi connectivity index (χ2n) is 10.3. The van der Waals surface area contributed by atoms with Gasteiger partial charge in [-0.15, -0.1) is 0 Å². The smallest absolute Gasteiger partial charge is 0.285 e. The predicted octanol–water partition coefficient (Wildman–Crippen LogP) is 2.92. The molecule has 3 aromatic heterocycles. The Hall–Kier alpha value is -4.01. The lowest BCUT2D eigenvalue weighted by Gasteiger charge is -2.36. The van der Waals surface area contributed by atoms with Crippen molar-refractivity contribution in [2.45, 2.75) is 19.9 Å². The standard InChI is InChI=1S/C27H29Cl2N9O4S/c1-15-11-18(16(2)32-20-5-6-21(29)33-23(20)24(39)35-43(4,41)42)22-19(12-15)25(40)36(3)27(34-22)38-9-7-37(8-10-38)26-30-13-17(28)14-31-26/h5-6,11-14,16,32H,7-10H2,1-4H3,(H,35,39)/t16-/m1/s1. The molecule has 4 aromatic rings. The van der Waals surface area contributed by atoms with Crippen LogP contribution in [0.25, 0.3) is 10.9 Å².